The molecule has 3 heteroatoms. The maximum atomic E-state index is 2.54. The summed E-state index contributed by atoms with van der Waals surface area (Å²) in [4.78, 5) is 3.07. The van der Waals surface area contributed by atoms with E-state index in [1.165, 1.54) is 26.1 Å². The Bertz CT molecular complexity index is 1130. The summed E-state index contributed by atoms with van der Waals surface area (Å²) in [5.74, 6) is 0.440. The van der Waals surface area contributed by atoms with Crippen LogP contribution in [0.25, 0.3) is 17.7 Å². The Morgan fingerprint density at radius 2 is 1.77 bits per heavy atom. The van der Waals surface area contributed by atoms with Crippen molar-refractivity contribution in [1.82, 2.24) is 0 Å². The Labute approximate surface area is 165 Å². The van der Waals surface area contributed by atoms with Crippen LogP contribution < -0.4 is 14.9 Å². The zero-order valence-corrected chi connectivity index (χ0v) is 18.6. The third-order valence-corrected chi connectivity index (χ3v) is 9.95. The predicted molar refractivity (Wildman–Crippen MR) is 120 cm³/mol. The van der Waals surface area contributed by atoms with Gasteiger partial charge in [0.05, 0.1) is 14.0 Å². The molecule has 2 unspecified atom stereocenters. The SMILES string of the molecule is CC1=Cc2ccccc2C1C1=C(C)SC2C=c3sc(C)c([Si](C)C)c3=C12. The topological polar surface area (TPSA) is 0 Å². The second kappa shape index (κ2) is 5.85. The van der Waals surface area contributed by atoms with Crippen LogP contribution in [0.3, 0.4) is 0 Å². The first kappa shape index (κ1) is 16.8. The number of fused-ring (bicyclic) bond motifs is 3. The van der Waals surface area contributed by atoms with Crippen LogP contribution >= 0.6 is 23.1 Å². The Balaban J connectivity index is 1.80. The molecule has 131 valence electrons. The van der Waals surface area contributed by atoms with E-state index in [0.29, 0.717) is 11.2 Å². The van der Waals surface area contributed by atoms with Crippen LogP contribution in [0, 0.1) is 6.92 Å². The molecule has 0 nitrogen and oxygen atoms in total. The number of aryl methyl sites for hydroxylation is 1. The molecular weight excluding hydrogens is 368 g/mol. The summed E-state index contributed by atoms with van der Waals surface area (Å²) in [6.07, 6.45) is 4.94. The largest absolute Gasteiger partial charge is 0.141 e. The summed E-state index contributed by atoms with van der Waals surface area (Å²) in [6, 6.07) is 8.96. The van der Waals surface area contributed by atoms with Crippen LogP contribution in [-0.4, -0.2) is 14.0 Å². The second-order valence-corrected chi connectivity index (χ2v) is 12.9. The van der Waals surface area contributed by atoms with Crippen LogP contribution in [-0.2, 0) is 0 Å². The van der Waals surface area contributed by atoms with Gasteiger partial charge in [-0.2, -0.15) is 0 Å². The summed E-state index contributed by atoms with van der Waals surface area (Å²) in [6.45, 7) is 11.9. The molecular formula is C23H23S2Si. The second-order valence-electron chi connectivity index (χ2n) is 7.81. The summed E-state index contributed by atoms with van der Waals surface area (Å²) in [7, 11) is -0.475. The summed E-state index contributed by atoms with van der Waals surface area (Å²) >= 11 is 4.09. The molecule has 2 heterocycles. The maximum absolute atomic E-state index is 2.54. The van der Waals surface area contributed by atoms with Gasteiger partial charge < -0.3 is 0 Å². The highest BCUT2D eigenvalue weighted by atomic mass is 32.2. The van der Waals surface area contributed by atoms with E-state index in [4.69, 9.17) is 0 Å². The molecule has 1 aromatic heterocycles. The zero-order valence-electron chi connectivity index (χ0n) is 15.9. The van der Waals surface area contributed by atoms with E-state index in [1.54, 1.807) is 26.4 Å². The minimum absolute atomic E-state index is 0.440. The normalized spacial score (nSPS) is 23.3. The van der Waals surface area contributed by atoms with Crippen LogP contribution in [0.1, 0.15) is 35.8 Å². The number of hydrogen-bond acceptors (Lipinski definition) is 2. The molecule has 0 N–H and O–H groups in total. The first-order valence-corrected chi connectivity index (χ1v) is 13.5. The number of hydrogen-bond donors (Lipinski definition) is 0. The first-order valence-electron chi connectivity index (χ1n) is 9.28. The molecule has 0 saturated carbocycles. The van der Waals surface area contributed by atoms with Crippen molar-refractivity contribution in [3.05, 3.63) is 66.1 Å². The van der Waals surface area contributed by atoms with Gasteiger partial charge in [0, 0.05) is 15.3 Å². The molecule has 2 aromatic rings. The van der Waals surface area contributed by atoms with Crippen molar-refractivity contribution >= 4 is 54.8 Å². The van der Waals surface area contributed by atoms with Crippen LogP contribution in [0.15, 0.2) is 40.3 Å². The Morgan fingerprint density at radius 1 is 1.00 bits per heavy atom. The van der Waals surface area contributed by atoms with Crippen molar-refractivity contribution in [3.8, 4) is 0 Å². The molecule has 2 aliphatic carbocycles. The molecule has 0 saturated heterocycles. The molecule has 5 rings (SSSR count). The highest BCUT2D eigenvalue weighted by Crippen LogP contribution is 2.53. The van der Waals surface area contributed by atoms with Crippen molar-refractivity contribution in [2.75, 3.05) is 0 Å². The summed E-state index contributed by atoms with van der Waals surface area (Å²) in [5.41, 5.74) is 7.64. The Hall–Kier alpha value is -1.29. The van der Waals surface area contributed by atoms with Crippen LogP contribution in [0.4, 0.5) is 0 Å². The van der Waals surface area contributed by atoms with E-state index in [1.807, 2.05) is 11.3 Å². The third-order valence-electron chi connectivity index (χ3n) is 5.88. The van der Waals surface area contributed by atoms with Gasteiger partial charge in [0.25, 0.3) is 0 Å². The van der Waals surface area contributed by atoms with Gasteiger partial charge >= 0.3 is 0 Å². The summed E-state index contributed by atoms with van der Waals surface area (Å²) < 4.78 is 1.54. The fourth-order valence-corrected chi connectivity index (χ4v) is 9.73. The number of rotatable bonds is 2. The molecule has 0 amide bonds. The maximum Gasteiger partial charge on any atom is 0.0814 e. The fraction of sp³-hybridized carbons (Fsp3) is 0.304. The quantitative estimate of drug-likeness (QED) is 0.677. The van der Waals surface area contributed by atoms with E-state index >= 15 is 0 Å². The average Bonchev–Trinajstić information content (AvgIpc) is 3.24. The molecule has 1 radical (unpaired) electrons. The van der Waals surface area contributed by atoms with Crippen LogP contribution in [0.2, 0.25) is 13.1 Å². The molecule has 1 aromatic carbocycles. The molecule has 0 fully saturated rings. The molecule has 3 aliphatic rings. The first-order chi connectivity index (χ1) is 12.5. The van der Waals surface area contributed by atoms with E-state index in [-0.39, 0.29) is 0 Å². The van der Waals surface area contributed by atoms with Gasteiger partial charge in [0.1, 0.15) is 0 Å². The lowest BCUT2D eigenvalue weighted by atomic mass is 9.83. The van der Waals surface area contributed by atoms with E-state index in [0.717, 1.165) is 0 Å². The smallest absolute Gasteiger partial charge is 0.0814 e. The van der Waals surface area contributed by atoms with Crippen molar-refractivity contribution < 1.29 is 0 Å². The average molecular weight is 392 g/mol. The lowest BCUT2D eigenvalue weighted by Crippen LogP contribution is -2.42. The highest BCUT2D eigenvalue weighted by molar-refractivity contribution is 8.04. The Kier molecular flexibility index (Phi) is 3.79. The van der Waals surface area contributed by atoms with E-state index in [9.17, 15) is 0 Å². The van der Waals surface area contributed by atoms with Crippen molar-refractivity contribution in [3.63, 3.8) is 0 Å². The number of thioether (sulfide) groups is 1. The standard InChI is InChI=1S/C23H23S2Si/c1-12-10-15-8-6-7-9-16(15)19(12)20-13(2)24-17-11-18-22(21(17)20)23(26(4)5)14(3)25-18/h6-11,17,19H,1-5H3. The van der Waals surface area contributed by atoms with Gasteiger partial charge in [-0.15, -0.1) is 23.1 Å². The predicted octanol–water partition coefficient (Wildman–Crippen LogP) is 4.55. The molecule has 0 spiro atoms. The third kappa shape index (κ3) is 2.20. The molecule has 0 bridgehead atoms. The number of benzene rings is 1. The van der Waals surface area contributed by atoms with Gasteiger partial charge in [-0.05, 0) is 64.4 Å². The minimum atomic E-state index is -0.475. The van der Waals surface area contributed by atoms with Crippen molar-refractivity contribution in [2.24, 2.45) is 0 Å². The molecule has 2 atom stereocenters. The van der Waals surface area contributed by atoms with E-state index < -0.39 is 8.80 Å². The molecule has 26 heavy (non-hydrogen) atoms. The van der Waals surface area contributed by atoms with Gasteiger partial charge in [0.2, 0.25) is 0 Å². The number of allylic oxidation sites excluding steroid dienone is 3. The van der Waals surface area contributed by atoms with Crippen molar-refractivity contribution in [2.45, 2.75) is 45.0 Å². The van der Waals surface area contributed by atoms with Gasteiger partial charge in [-0.3, -0.25) is 0 Å². The minimum Gasteiger partial charge on any atom is -0.141 e. The monoisotopic (exact) mass is 391 g/mol. The van der Waals surface area contributed by atoms with E-state index in [2.05, 4.69) is 82.0 Å². The lowest BCUT2D eigenvalue weighted by Gasteiger charge is -2.20. The fourth-order valence-electron chi connectivity index (χ4n) is 4.96. The zero-order chi connectivity index (χ0) is 18.2. The lowest BCUT2D eigenvalue weighted by molar-refractivity contribution is 0.974. The van der Waals surface area contributed by atoms with Gasteiger partial charge in [0.15, 0.2) is 0 Å². The number of thiophene rings is 1. The highest BCUT2D eigenvalue weighted by Gasteiger charge is 2.39. The van der Waals surface area contributed by atoms with Crippen LogP contribution in [0.5, 0.6) is 0 Å². The Morgan fingerprint density at radius 3 is 2.54 bits per heavy atom. The summed E-state index contributed by atoms with van der Waals surface area (Å²) in [5, 5.41) is 3.84. The van der Waals surface area contributed by atoms with Gasteiger partial charge in [-0.1, -0.05) is 49.0 Å². The van der Waals surface area contributed by atoms with Gasteiger partial charge in [-0.25, -0.2) is 0 Å². The van der Waals surface area contributed by atoms with Crippen molar-refractivity contribution in [1.29, 1.82) is 0 Å². The molecule has 1 aliphatic heterocycles.